The van der Waals surface area contributed by atoms with E-state index in [1.807, 2.05) is 6.92 Å². The Labute approximate surface area is 121 Å². The lowest BCUT2D eigenvalue weighted by Crippen LogP contribution is -2.47. The van der Waals surface area contributed by atoms with Crippen molar-refractivity contribution in [3.05, 3.63) is 29.8 Å². The summed E-state index contributed by atoms with van der Waals surface area (Å²) < 4.78 is 0. The first-order valence-corrected chi connectivity index (χ1v) is 7.78. The fourth-order valence-electron chi connectivity index (χ4n) is 3.55. The zero-order valence-electron chi connectivity index (χ0n) is 12.5. The van der Waals surface area contributed by atoms with Crippen LogP contribution in [0.2, 0.25) is 0 Å². The van der Waals surface area contributed by atoms with E-state index in [1.54, 1.807) is 0 Å². The van der Waals surface area contributed by atoms with Crippen molar-refractivity contribution in [2.45, 2.75) is 38.5 Å². The van der Waals surface area contributed by atoms with Gasteiger partial charge in [-0.1, -0.05) is 32.0 Å². The van der Waals surface area contributed by atoms with E-state index in [2.05, 4.69) is 41.4 Å². The number of rotatable bonds is 2. The molecule has 0 aliphatic carbocycles. The van der Waals surface area contributed by atoms with Gasteiger partial charge in [0, 0.05) is 36.7 Å². The lowest BCUT2D eigenvalue weighted by atomic mass is 9.74. The number of amides is 1. The molecule has 108 valence electrons. The van der Waals surface area contributed by atoms with Crippen molar-refractivity contribution < 1.29 is 4.79 Å². The molecule has 1 aromatic carbocycles. The summed E-state index contributed by atoms with van der Waals surface area (Å²) in [5.74, 6) is 0.500. The van der Waals surface area contributed by atoms with E-state index in [-0.39, 0.29) is 11.3 Å². The minimum Gasteiger partial charge on any atom is -0.384 e. The van der Waals surface area contributed by atoms with E-state index in [9.17, 15) is 4.79 Å². The maximum absolute atomic E-state index is 12.3. The molecule has 0 saturated carbocycles. The Morgan fingerprint density at radius 3 is 2.75 bits per heavy atom. The predicted molar refractivity (Wildman–Crippen MR) is 81.9 cm³/mol. The van der Waals surface area contributed by atoms with E-state index >= 15 is 0 Å². The second kappa shape index (κ2) is 5.12. The average molecular weight is 272 g/mol. The quantitative estimate of drug-likeness (QED) is 0.897. The summed E-state index contributed by atoms with van der Waals surface area (Å²) in [6.45, 7) is 6.96. The second-order valence-corrected chi connectivity index (χ2v) is 6.31. The first-order valence-electron chi connectivity index (χ1n) is 7.78. The molecule has 2 aliphatic heterocycles. The predicted octanol–water partition coefficient (Wildman–Crippen LogP) is 3.02. The Balaban J connectivity index is 1.72. The lowest BCUT2D eigenvalue weighted by molar-refractivity contribution is -0.136. The number of para-hydroxylation sites is 1. The van der Waals surface area contributed by atoms with Gasteiger partial charge in [0.2, 0.25) is 5.91 Å². The van der Waals surface area contributed by atoms with Gasteiger partial charge < -0.3 is 10.2 Å². The van der Waals surface area contributed by atoms with Gasteiger partial charge in [0.25, 0.3) is 0 Å². The number of benzene rings is 1. The smallest absolute Gasteiger partial charge is 0.225 e. The monoisotopic (exact) mass is 272 g/mol. The molecule has 2 aliphatic rings. The molecular weight excluding hydrogens is 248 g/mol. The number of piperidine rings is 1. The van der Waals surface area contributed by atoms with E-state index in [1.165, 1.54) is 11.3 Å². The highest BCUT2D eigenvalue weighted by molar-refractivity contribution is 5.78. The number of anilines is 1. The molecule has 0 bridgehead atoms. The Kier molecular flexibility index (Phi) is 3.45. The largest absolute Gasteiger partial charge is 0.384 e. The van der Waals surface area contributed by atoms with Crippen molar-refractivity contribution in [2.24, 2.45) is 5.92 Å². The lowest BCUT2D eigenvalue weighted by Gasteiger charge is -2.40. The van der Waals surface area contributed by atoms with Crippen LogP contribution >= 0.6 is 0 Å². The molecular formula is C17H24N2O. The third kappa shape index (κ3) is 2.09. The second-order valence-electron chi connectivity index (χ2n) is 6.31. The van der Waals surface area contributed by atoms with Gasteiger partial charge in [-0.25, -0.2) is 0 Å². The van der Waals surface area contributed by atoms with Crippen molar-refractivity contribution in [1.29, 1.82) is 0 Å². The van der Waals surface area contributed by atoms with Gasteiger partial charge in [0.1, 0.15) is 0 Å². The normalized spacial score (nSPS) is 21.4. The summed E-state index contributed by atoms with van der Waals surface area (Å²) in [5, 5.41) is 3.54. The first-order chi connectivity index (χ1) is 9.66. The molecule has 1 atom stereocenters. The van der Waals surface area contributed by atoms with E-state index in [0.29, 0.717) is 5.91 Å². The Bertz CT molecular complexity index is 503. The molecule has 1 aromatic rings. The molecule has 1 spiro atoms. The van der Waals surface area contributed by atoms with Crippen molar-refractivity contribution in [2.75, 3.05) is 25.0 Å². The number of nitrogens with one attached hydrogen (secondary N) is 1. The number of nitrogens with zero attached hydrogens (tertiary/aromatic N) is 1. The molecule has 1 fully saturated rings. The van der Waals surface area contributed by atoms with E-state index in [0.717, 1.165) is 38.9 Å². The van der Waals surface area contributed by atoms with Crippen LogP contribution < -0.4 is 5.32 Å². The number of carbonyl (C=O) groups excluding carboxylic acids is 1. The zero-order chi connectivity index (χ0) is 14.2. The van der Waals surface area contributed by atoms with E-state index < -0.39 is 0 Å². The first kappa shape index (κ1) is 13.5. The van der Waals surface area contributed by atoms with Crippen LogP contribution in [-0.2, 0) is 10.2 Å². The molecule has 1 amide bonds. The van der Waals surface area contributed by atoms with Crippen LogP contribution in [0.1, 0.15) is 38.7 Å². The highest BCUT2D eigenvalue weighted by Crippen LogP contribution is 2.43. The Morgan fingerprint density at radius 1 is 1.35 bits per heavy atom. The van der Waals surface area contributed by atoms with Gasteiger partial charge in [0.15, 0.2) is 0 Å². The van der Waals surface area contributed by atoms with Crippen LogP contribution in [0.5, 0.6) is 0 Å². The van der Waals surface area contributed by atoms with Gasteiger partial charge >= 0.3 is 0 Å². The average Bonchev–Trinajstić information content (AvgIpc) is 2.86. The molecule has 1 N–H and O–H groups in total. The van der Waals surface area contributed by atoms with Crippen LogP contribution in [0.15, 0.2) is 24.3 Å². The van der Waals surface area contributed by atoms with Crippen molar-refractivity contribution >= 4 is 11.6 Å². The molecule has 3 nitrogen and oxygen atoms in total. The van der Waals surface area contributed by atoms with Crippen LogP contribution in [-0.4, -0.2) is 30.4 Å². The zero-order valence-corrected chi connectivity index (χ0v) is 12.5. The molecule has 2 heterocycles. The molecule has 0 aromatic heterocycles. The molecule has 20 heavy (non-hydrogen) atoms. The van der Waals surface area contributed by atoms with Crippen molar-refractivity contribution in [1.82, 2.24) is 4.90 Å². The van der Waals surface area contributed by atoms with Gasteiger partial charge in [-0.05, 0) is 30.9 Å². The summed E-state index contributed by atoms with van der Waals surface area (Å²) in [7, 11) is 0. The van der Waals surface area contributed by atoms with E-state index in [4.69, 9.17) is 0 Å². The summed E-state index contributed by atoms with van der Waals surface area (Å²) in [5.41, 5.74) is 2.99. The van der Waals surface area contributed by atoms with Gasteiger partial charge in [-0.15, -0.1) is 0 Å². The summed E-state index contributed by atoms with van der Waals surface area (Å²) in [4.78, 5) is 14.4. The minimum absolute atomic E-state index is 0.165. The third-order valence-corrected chi connectivity index (χ3v) is 5.18. The van der Waals surface area contributed by atoms with Gasteiger partial charge in [0.05, 0.1) is 0 Å². The molecule has 3 heteroatoms. The fourth-order valence-corrected chi connectivity index (χ4v) is 3.55. The maximum atomic E-state index is 12.3. The summed E-state index contributed by atoms with van der Waals surface area (Å²) >= 11 is 0. The molecule has 1 saturated heterocycles. The highest BCUT2D eigenvalue weighted by Gasteiger charge is 2.42. The van der Waals surface area contributed by atoms with Crippen LogP contribution in [0, 0.1) is 5.92 Å². The van der Waals surface area contributed by atoms with Gasteiger partial charge in [-0.3, -0.25) is 4.79 Å². The minimum atomic E-state index is 0.165. The molecule has 1 unspecified atom stereocenters. The van der Waals surface area contributed by atoms with Crippen LogP contribution in [0.3, 0.4) is 0 Å². The van der Waals surface area contributed by atoms with Crippen LogP contribution in [0.4, 0.5) is 5.69 Å². The number of fused-ring (bicyclic) bond motifs is 2. The van der Waals surface area contributed by atoms with Crippen molar-refractivity contribution in [3.63, 3.8) is 0 Å². The number of likely N-dealkylation sites (tertiary alicyclic amines) is 1. The molecule has 3 rings (SSSR count). The Hall–Kier alpha value is -1.51. The summed E-state index contributed by atoms with van der Waals surface area (Å²) in [6, 6.07) is 8.64. The SMILES string of the molecule is CCC(C)C(=O)N1CCC2(CC1)CNc1ccccc12. The highest BCUT2D eigenvalue weighted by atomic mass is 16.2. The van der Waals surface area contributed by atoms with Crippen molar-refractivity contribution in [3.8, 4) is 0 Å². The Morgan fingerprint density at radius 2 is 2.05 bits per heavy atom. The summed E-state index contributed by atoms with van der Waals surface area (Å²) in [6.07, 6.45) is 3.10. The standard InChI is InChI=1S/C17H24N2O/c1-3-13(2)16(20)19-10-8-17(9-11-19)12-18-15-7-5-4-6-14(15)17/h4-7,13,18H,3,8-12H2,1-2H3. The molecule has 0 radical (unpaired) electrons. The third-order valence-electron chi connectivity index (χ3n) is 5.18. The van der Waals surface area contributed by atoms with Gasteiger partial charge in [-0.2, -0.15) is 0 Å². The fraction of sp³-hybridized carbons (Fsp3) is 0.588. The number of hydrogen-bond acceptors (Lipinski definition) is 2. The number of carbonyl (C=O) groups is 1. The van der Waals surface area contributed by atoms with Crippen LogP contribution in [0.25, 0.3) is 0 Å². The number of hydrogen-bond donors (Lipinski definition) is 1. The maximum Gasteiger partial charge on any atom is 0.225 e. The topological polar surface area (TPSA) is 32.3 Å².